The van der Waals surface area contributed by atoms with Crippen molar-refractivity contribution in [2.75, 3.05) is 20.2 Å². The lowest BCUT2D eigenvalue weighted by atomic mass is 9.66. The predicted octanol–water partition coefficient (Wildman–Crippen LogP) is 1.50. The van der Waals surface area contributed by atoms with Gasteiger partial charge in [-0.3, -0.25) is 14.4 Å². The molecule has 4 aliphatic rings. The molecule has 2 bridgehead atoms. The highest BCUT2D eigenvalue weighted by Crippen LogP contribution is 2.63. The molecule has 1 saturated carbocycles. The molecule has 4 rings (SSSR count). The van der Waals surface area contributed by atoms with Crippen molar-refractivity contribution < 1.29 is 24.2 Å². The number of nitrogens with one attached hydrogen (secondary N) is 2. The normalized spacial score (nSPS) is 36.4. The van der Waals surface area contributed by atoms with Crippen LogP contribution in [-0.4, -0.2) is 71.2 Å². The fourth-order valence-corrected chi connectivity index (χ4v) is 6.80. The van der Waals surface area contributed by atoms with Crippen LogP contribution in [0.2, 0.25) is 0 Å². The number of carbonyl (C=O) groups excluding carboxylic acids is 3. The van der Waals surface area contributed by atoms with E-state index in [9.17, 15) is 14.4 Å². The average molecular weight is 450 g/mol. The van der Waals surface area contributed by atoms with Gasteiger partial charge >= 0.3 is 0 Å². The molecule has 180 valence electrons. The molecule has 5 atom stereocenters. The SMILES string of the molecule is CNC(=O)[C@H]1[C@H]2C(=O)N(CCCCCCO)C(C(=O)NC3CCCCC3)C23CC[C@]1(C)O3. The zero-order valence-corrected chi connectivity index (χ0v) is 19.5. The fraction of sp³-hybridized carbons (Fsp3) is 0.875. The molecule has 1 spiro atoms. The Hall–Kier alpha value is -1.67. The van der Waals surface area contributed by atoms with Crippen LogP contribution in [0, 0.1) is 11.8 Å². The summed E-state index contributed by atoms with van der Waals surface area (Å²) in [5.74, 6) is -1.60. The Kier molecular flexibility index (Phi) is 6.82. The fourth-order valence-electron chi connectivity index (χ4n) is 6.80. The first-order valence-corrected chi connectivity index (χ1v) is 12.5. The first-order valence-electron chi connectivity index (χ1n) is 12.5. The first kappa shape index (κ1) is 23.5. The number of nitrogens with zero attached hydrogens (tertiary/aromatic N) is 1. The van der Waals surface area contributed by atoms with Gasteiger partial charge in [-0.2, -0.15) is 0 Å². The molecular weight excluding hydrogens is 410 g/mol. The Morgan fingerprint density at radius 3 is 2.50 bits per heavy atom. The standard InChI is InChI=1S/C24H39N3O5/c1-23-12-13-24(32-23)18(17(23)20(29)25-2)22(31)27(14-8-3-4-9-15-28)19(24)21(30)26-16-10-6-5-7-11-16/h16-19,28H,3-15H2,1-2H3,(H,25,29)(H,26,30)/t17-,18+,19?,23+,24?/m1/s1. The van der Waals surface area contributed by atoms with E-state index in [1.807, 2.05) is 6.92 Å². The van der Waals surface area contributed by atoms with Crippen LogP contribution in [0.25, 0.3) is 0 Å². The van der Waals surface area contributed by atoms with Crippen LogP contribution in [0.15, 0.2) is 0 Å². The van der Waals surface area contributed by atoms with Crippen molar-refractivity contribution in [1.29, 1.82) is 0 Å². The number of ether oxygens (including phenoxy) is 1. The molecule has 0 radical (unpaired) electrons. The second-order valence-corrected chi connectivity index (χ2v) is 10.4. The second-order valence-electron chi connectivity index (χ2n) is 10.4. The highest BCUT2D eigenvalue weighted by Gasteiger charge is 2.77. The Balaban J connectivity index is 1.59. The van der Waals surface area contributed by atoms with E-state index in [1.165, 1.54) is 6.42 Å². The third-order valence-corrected chi connectivity index (χ3v) is 8.31. The van der Waals surface area contributed by atoms with Gasteiger partial charge in [-0.1, -0.05) is 32.1 Å². The Morgan fingerprint density at radius 1 is 1.09 bits per heavy atom. The molecular formula is C24H39N3O5. The van der Waals surface area contributed by atoms with Gasteiger partial charge in [0.15, 0.2) is 0 Å². The maximum Gasteiger partial charge on any atom is 0.246 e. The highest BCUT2D eigenvalue weighted by atomic mass is 16.5. The molecule has 8 heteroatoms. The maximum absolute atomic E-state index is 13.7. The van der Waals surface area contributed by atoms with Crippen molar-refractivity contribution in [3.05, 3.63) is 0 Å². The Morgan fingerprint density at radius 2 is 1.81 bits per heavy atom. The molecule has 3 heterocycles. The van der Waals surface area contributed by atoms with Crippen LogP contribution in [0.3, 0.4) is 0 Å². The van der Waals surface area contributed by atoms with Crippen LogP contribution < -0.4 is 10.6 Å². The monoisotopic (exact) mass is 449 g/mol. The zero-order chi connectivity index (χ0) is 22.9. The summed E-state index contributed by atoms with van der Waals surface area (Å²) in [4.78, 5) is 41.9. The van der Waals surface area contributed by atoms with Crippen LogP contribution in [0.1, 0.15) is 77.6 Å². The lowest BCUT2D eigenvalue weighted by Crippen LogP contribution is -2.57. The number of hydrogen-bond donors (Lipinski definition) is 3. The molecule has 1 aliphatic carbocycles. The molecule has 2 unspecified atom stereocenters. The molecule has 4 fully saturated rings. The van der Waals surface area contributed by atoms with Gasteiger partial charge in [-0.15, -0.1) is 0 Å². The van der Waals surface area contributed by atoms with Gasteiger partial charge in [0.2, 0.25) is 17.7 Å². The van der Waals surface area contributed by atoms with Crippen LogP contribution >= 0.6 is 0 Å². The van der Waals surface area contributed by atoms with Crippen molar-refractivity contribution in [2.45, 2.75) is 101 Å². The molecule has 32 heavy (non-hydrogen) atoms. The van der Waals surface area contributed by atoms with E-state index in [0.717, 1.165) is 51.4 Å². The third kappa shape index (κ3) is 3.83. The van der Waals surface area contributed by atoms with E-state index in [-0.39, 0.29) is 30.4 Å². The summed E-state index contributed by atoms with van der Waals surface area (Å²) in [6, 6.07) is -0.534. The van der Waals surface area contributed by atoms with E-state index in [0.29, 0.717) is 19.4 Å². The third-order valence-electron chi connectivity index (χ3n) is 8.31. The smallest absolute Gasteiger partial charge is 0.246 e. The minimum Gasteiger partial charge on any atom is -0.396 e. The summed E-state index contributed by atoms with van der Waals surface area (Å²) >= 11 is 0. The van der Waals surface area contributed by atoms with Gasteiger partial charge < -0.3 is 25.4 Å². The van der Waals surface area contributed by atoms with Gasteiger partial charge in [0.05, 0.1) is 17.4 Å². The summed E-state index contributed by atoms with van der Waals surface area (Å²) in [6.45, 7) is 2.56. The molecule has 0 aromatic rings. The van der Waals surface area contributed by atoms with Crippen LogP contribution in [0.4, 0.5) is 0 Å². The number of aliphatic hydroxyl groups excluding tert-OH is 1. The molecule has 3 saturated heterocycles. The number of rotatable bonds is 9. The quantitative estimate of drug-likeness (QED) is 0.463. The molecule has 8 nitrogen and oxygen atoms in total. The van der Waals surface area contributed by atoms with Crippen LogP contribution in [0.5, 0.6) is 0 Å². The first-order chi connectivity index (χ1) is 15.4. The van der Waals surface area contributed by atoms with E-state index >= 15 is 0 Å². The Labute approximate surface area is 190 Å². The number of likely N-dealkylation sites (tertiary alicyclic amines) is 1. The summed E-state index contributed by atoms with van der Waals surface area (Å²) in [5.41, 5.74) is -1.64. The largest absolute Gasteiger partial charge is 0.396 e. The molecule has 3 aliphatic heterocycles. The van der Waals surface area contributed by atoms with E-state index in [4.69, 9.17) is 9.84 Å². The van der Waals surface area contributed by atoms with Crippen molar-refractivity contribution in [1.82, 2.24) is 15.5 Å². The maximum atomic E-state index is 13.7. The summed E-state index contributed by atoms with van der Waals surface area (Å²) in [7, 11) is 1.59. The number of unbranched alkanes of at least 4 members (excludes halogenated alkanes) is 3. The van der Waals surface area contributed by atoms with Crippen molar-refractivity contribution >= 4 is 17.7 Å². The number of amides is 3. The molecule has 3 N–H and O–H groups in total. The van der Waals surface area contributed by atoms with Crippen LogP contribution in [-0.2, 0) is 19.1 Å². The highest BCUT2D eigenvalue weighted by molar-refractivity contribution is 5.99. The van der Waals surface area contributed by atoms with Gasteiger partial charge in [0.25, 0.3) is 0 Å². The minimum absolute atomic E-state index is 0.118. The lowest BCUT2D eigenvalue weighted by Gasteiger charge is -2.35. The number of fused-ring (bicyclic) bond motifs is 1. The van der Waals surface area contributed by atoms with Crippen molar-refractivity contribution in [3.8, 4) is 0 Å². The topological polar surface area (TPSA) is 108 Å². The number of aliphatic hydroxyl groups is 1. The van der Waals surface area contributed by atoms with E-state index in [1.54, 1.807) is 11.9 Å². The molecule has 3 amide bonds. The summed E-state index contributed by atoms with van der Waals surface area (Å²) < 4.78 is 6.56. The van der Waals surface area contributed by atoms with E-state index < -0.39 is 29.1 Å². The van der Waals surface area contributed by atoms with E-state index in [2.05, 4.69) is 10.6 Å². The number of hydrogen-bond acceptors (Lipinski definition) is 5. The van der Waals surface area contributed by atoms with Crippen molar-refractivity contribution in [2.24, 2.45) is 11.8 Å². The van der Waals surface area contributed by atoms with Gasteiger partial charge in [-0.25, -0.2) is 0 Å². The van der Waals surface area contributed by atoms with Gasteiger partial charge in [0.1, 0.15) is 11.6 Å². The second kappa shape index (κ2) is 9.29. The summed E-state index contributed by atoms with van der Waals surface area (Å²) in [5, 5.41) is 15.0. The lowest BCUT2D eigenvalue weighted by molar-refractivity contribution is -0.146. The zero-order valence-electron chi connectivity index (χ0n) is 19.5. The molecule has 0 aromatic carbocycles. The van der Waals surface area contributed by atoms with Gasteiger partial charge in [0, 0.05) is 26.2 Å². The average Bonchev–Trinajstić information content (AvgIpc) is 3.34. The summed E-state index contributed by atoms with van der Waals surface area (Å²) in [6.07, 6.45) is 9.97. The minimum atomic E-state index is -0.924. The van der Waals surface area contributed by atoms with Gasteiger partial charge in [-0.05, 0) is 45.4 Å². The number of carbonyl (C=O) groups is 3. The van der Waals surface area contributed by atoms with Crippen molar-refractivity contribution in [3.63, 3.8) is 0 Å². The predicted molar refractivity (Wildman–Crippen MR) is 119 cm³/mol. The molecule has 0 aromatic heterocycles. The Bertz CT molecular complexity index is 739.